The molecule has 0 aliphatic carbocycles. The summed E-state index contributed by atoms with van der Waals surface area (Å²) in [5, 5.41) is 5.10. The third-order valence-corrected chi connectivity index (χ3v) is 4.35. The van der Waals surface area contributed by atoms with E-state index >= 15 is 0 Å². The summed E-state index contributed by atoms with van der Waals surface area (Å²) >= 11 is 1.51. The van der Waals surface area contributed by atoms with Gasteiger partial charge in [0.2, 0.25) is 0 Å². The third-order valence-electron chi connectivity index (χ3n) is 3.27. The fourth-order valence-corrected chi connectivity index (χ4v) is 2.90. The average molecular weight is 360 g/mol. The first-order valence-electron chi connectivity index (χ1n) is 7.60. The van der Waals surface area contributed by atoms with Gasteiger partial charge in [-0.1, -0.05) is 42.1 Å². The minimum atomic E-state index is -0.751. The Balaban J connectivity index is 2.00. The molecule has 0 unspecified atom stereocenters. The Bertz CT molecular complexity index is 705. The van der Waals surface area contributed by atoms with Crippen molar-refractivity contribution < 1.29 is 19.1 Å². The Morgan fingerprint density at radius 3 is 2.28 bits per heavy atom. The molecule has 0 spiro atoms. The second-order valence-electron chi connectivity index (χ2n) is 4.98. The predicted octanol–water partition coefficient (Wildman–Crippen LogP) is 2.51. The summed E-state index contributed by atoms with van der Waals surface area (Å²) < 4.78 is 9.92. The lowest BCUT2D eigenvalue weighted by Crippen LogP contribution is -2.40. The molecule has 2 amide bonds. The number of hydrogen-bond donors (Lipinski definition) is 2. The number of amides is 2. The third kappa shape index (κ3) is 5.90. The molecule has 2 N–H and O–H groups in total. The minimum absolute atomic E-state index is 0.0830. The fourth-order valence-electron chi connectivity index (χ4n) is 1.97. The summed E-state index contributed by atoms with van der Waals surface area (Å²) in [6.07, 6.45) is -0.599. The van der Waals surface area contributed by atoms with Crippen LogP contribution in [0.25, 0.3) is 0 Å². The van der Waals surface area contributed by atoms with Gasteiger partial charge in [-0.2, -0.15) is 0 Å². The van der Waals surface area contributed by atoms with Crippen LogP contribution in [0.5, 0.6) is 0 Å². The van der Waals surface area contributed by atoms with Crippen LogP contribution >= 0.6 is 11.8 Å². The largest absolute Gasteiger partial charge is 0.354 e. The number of ether oxygens (including phenoxy) is 2. The van der Waals surface area contributed by atoms with Crippen molar-refractivity contribution in [3.8, 4) is 0 Å². The zero-order chi connectivity index (χ0) is 18.1. The summed E-state index contributed by atoms with van der Waals surface area (Å²) in [7, 11) is 2.91. The number of hydrogen-bond acceptors (Lipinski definition) is 5. The van der Waals surface area contributed by atoms with Crippen LogP contribution < -0.4 is 10.6 Å². The highest BCUT2D eigenvalue weighted by Gasteiger charge is 2.17. The van der Waals surface area contributed by atoms with Crippen LogP contribution in [-0.4, -0.2) is 38.9 Å². The summed E-state index contributed by atoms with van der Waals surface area (Å²) in [6.45, 7) is 0.0830. The van der Waals surface area contributed by atoms with E-state index in [9.17, 15) is 9.59 Å². The summed E-state index contributed by atoms with van der Waals surface area (Å²) in [6, 6.07) is 17.1. The molecular formula is C18H20N2O4S. The maximum atomic E-state index is 12.1. The highest BCUT2D eigenvalue weighted by molar-refractivity contribution is 7.99. The van der Waals surface area contributed by atoms with Crippen molar-refractivity contribution >= 4 is 29.3 Å². The van der Waals surface area contributed by atoms with Crippen LogP contribution in [0.15, 0.2) is 64.4 Å². The van der Waals surface area contributed by atoms with E-state index in [1.54, 1.807) is 12.1 Å². The van der Waals surface area contributed by atoms with Crippen molar-refractivity contribution in [2.24, 2.45) is 0 Å². The lowest BCUT2D eigenvalue weighted by Gasteiger charge is -2.14. The van der Waals surface area contributed by atoms with Crippen molar-refractivity contribution in [2.45, 2.75) is 16.1 Å². The van der Waals surface area contributed by atoms with E-state index in [0.717, 1.165) is 9.79 Å². The molecule has 132 valence electrons. The highest BCUT2D eigenvalue weighted by atomic mass is 32.2. The van der Waals surface area contributed by atoms with E-state index in [-0.39, 0.29) is 6.54 Å². The molecule has 2 rings (SSSR count). The Hall–Kier alpha value is -2.35. The van der Waals surface area contributed by atoms with Crippen molar-refractivity contribution in [1.29, 1.82) is 0 Å². The number of nitrogens with one attached hydrogen (secondary N) is 2. The zero-order valence-corrected chi connectivity index (χ0v) is 14.8. The number of methoxy groups -OCH3 is 2. The molecule has 0 heterocycles. The highest BCUT2D eigenvalue weighted by Crippen LogP contribution is 2.33. The molecule has 7 heteroatoms. The van der Waals surface area contributed by atoms with Gasteiger partial charge in [0.15, 0.2) is 6.29 Å². The molecule has 0 bridgehead atoms. The molecule has 0 fully saturated rings. The molecular weight excluding hydrogens is 340 g/mol. The van der Waals surface area contributed by atoms with Gasteiger partial charge in [0.1, 0.15) is 0 Å². The van der Waals surface area contributed by atoms with Gasteiger partial charge in [0, 0.05) is 24.0 Å². The number of carbonyl (C=O) groups is 2. The number of rotatable bonds is 7. The molecule has 0 aliphatic rings. The number of benzene rings is 2. The second kappa shape index (κ2) is 9.83. The Morgan fingerprint density at radius 2 is 1.60 bits per heavy atom. The van der Waals surface area contributed by atoms with Gasteiger partial charge in [-0.25, -0.2) is 0 Å². The van der Waals surface area contributed by atoms with E-state index < -0.39 is 18.1 Å². The van der Waals surface area contributed by atoms with Crippen LogP contribution in [0.2, 0.25) is 0 Å². The summed E-state index contributed by atoms with van der Waals surface area (Å²) in [4.78, 5) is 25.9. The normalized spacial score (nSPS) is 10.5. The van der Waals surface area contributed by atoms with Crippen LogP contribution in [0.3, 0.4) is 0 Å². The van der Waals surface area contributed by atoms with Gasteiger partial charge in [-0.3, -0.25) is 9.59 Å². The smallest absolute Gasteiger partial charge is 0.313 e. The fraction of sp³-hybridized carbons (Fsp3) is 0.222. The van der Waals surface area contributed by atoms with Crippen LogP contribution in [0.4, 0.5) is 5.69 Å². The lowest BCUT2D eigenvalue weighted by atomic mass is 10.3. The maximum absolute atomic E-state index is 12.1. The summed E-state index contributed by atoms with van der Waals surface area (Å²) in [5.74, 6) is -1.49. The van der Waals surface area contributed by atoms with Gasteiger partial charge >= 0.3 is 11.8 Å². The monoisotopic (exact) mass is 360 g/mol. The zero-order valence-electron chi connectivity index (χ0n) is 14.0. The van der Waals surface area contributed by atoms with Gasteiger partial charge in [-0.15, -0.1) is 0 Å². The molecule has 0 aromatic heterocycles. The molecule has 6 nitrogen and oxygen atoms in total. The summed E-state index contributed by atoms with van der Waals surface area (Å²) in [5.41, 5.74) is 0.575. The van der Waals surface area contributed by atoms with Gasteiger partial charge < -0.3 is 20.1 Å². The topological polar surface area (TPSA) is 76.7 Å². The SMILES string of the molecule is COC(CNC(=O)C(=O)Nc1ccccc1Sc1ccccc1)OC. The van der Waals surface area contributed by atoms with E-state index in [2.05, 4.69) is 10.6 Å². The van der Waals surface area contributed by atoms with E-state index in [1.165, 1.54) is 26.0 Å². The van der Waals surface area contributed by atoms with Crippen LogP contribution in [0, 0.1) is 0 Å². The Kier molecular flexibility index (Phi) is 7.46. The van der Waals surface area contributed by atoms with E-state index in [1.807, 2.05) is 42.5 Å². The average Bonchev–Trinajstić information content (AvgIpc) is 2.64. The molecule has 2 aromatic rings. The molecule has 0 radical (unpaired) electrons. The van der Waals surface area contributed by atoms with Gasteiger partial charge in [0.05, 0.1) is 12.2 Å². The Morgan fingerprint density at radius 1 is 0.960 bits per heavy atom. The molecule has 0 saturated heterocycles. The molecule has 0 saturated carbocycles. The number of para-hydroxylation sites is 1. The quantitative estimate of drug-likeness (QED) is 0.586. The van der Waals surface area contributed by atoms with Gasteiger partial charge in [0.25, 0.3) is 0 Å². The van der Waals surface area contributed by atoms with Crippen LogP contribution in [0.1, 0.15) is 0 Å². The van der Waals surface area contributed by atoms with E-state index in [4.69, 9.17) is 9.47 Å². The second-order valence-corrected chi connectivity index (χ2v) is 6.09. The molecule has 25 heavy (non-hydrogen) atoms. The van der Waals surface area contributed by atoms with Crippen LogP contribution in [-0.2, 0) is 19.1 Å². The molecule has 0 atom stereocenters. The van der Waals surface area contributed by atoms with Gasteiger partial charge in [-0.05, 0) is 24.3 Å². The number of anilines is 1. The maximum Gasteiger partial charge on any atom is 0.313 e. The standard InChI is InChI=1S/C18H20N2O4S/c1-23-16(24-2)12-19-17(21)18(22)20-14-10-6-7-11-15(14)25-13-8-4-3-5-9-13/h3-11,16H,12H2,1-2H3,(H,19,21)(H,20,22). The Labute approximate surface area is 150 Å². The minimum Gasteiger partial charge on any atom is -0.354 e. The first-order chi connectivity index (χ1) is 12.1. The predicted molar refractivity (Wildman–Crippen MR) is 96.5 cm³/mol. The van der Waals surface area contributed by atoms with Crippen molar-refractivity contribution in [1.82, 2.24) is 5.32 Å². The first-order valence-corrected chi connectivity index (χ1v) is 8.42. The van der Waals surface area contributed by atoms with Crippen molar-refractivity contribution in [3.63, 3.8) is 0 Å². The number of carbonyl (C=O) groups excluding carboxylic acids is 2. The molecule has 2 aromatic carbocycles. The first kappa shape index (κ1) is 19.0. The van der Waals surface area contributed by atoms with E-state index in [0.29, 0.717) is 5.69 Å². The molecule has 0 aliphatic heterocycles. The van der Waals surface area contributed by atoms with Crippen molar-refractivity contribution in [3.05, 3.63) is 54.6 Å². The lowest BCUT2D eigenvalue weighted by molar-refractivity contribution is -0.139. The van der Waals surface area contributed by atoms with Crippen molar-refractivity contribution in [2.75, 3.05) is 26.1 Å².